The third-order valence-corrected chi connectivity index (χ3v) is 3.69. The van der Waals surface area contributed by atoms with E-state index in [1.807, 2.05) is 0 Å². The second kappa shape index (κ2) is 7.20. The number of carbonyl (C=O) groups excluding carboxylic acids is 1. The Morgan fingerprint density at radius 2 is 2.05 bits per heavy atom. The molecule has 1 aliphatic carbocycles. The van der Waals surface area contributed by atoms with Crippen LogP contribution in [0.4, 0.5) is 8.78 Å². The van der Waals surface area contributed by atoms with Gasteiger partial charge in [-0.3, -0.25) is 9.59 Å². The van der Waals surface area contributed by atoms with Crippen LogP contribution in [-0.2, 0) is 16.0 Å². The number of carboxylic acids is 1. The molecule has 0 heterocycles. The monoisotopic (exact) mass is 313 g/mol. The first-order valence-corrected chi connectivity index (χ1v) is 7.00. The Hall–Kier alpha value is -2.18. The Morgan fingerprint density at radius 1 is 1.32 bits per heavy atom. The van der Waals surface area contributed by atoms with Crippen molar-refractivity contribution in [2.45, 2.75) is 38.3 Å². The third-order valence-electron chi connectivity index (χ3n) is 3.69. The van der Waals surface area contributed by atoms with Crippen LogP contribution >= 0.6 is 0 Å². The number of ether oxygens (including phenoxy) is 1. The van der Waals surface area contributed by atoms with Crippen molar-refractivity contribution < 1.29 is 28.2 Å². The number of nitrogens with one attached hydrogen (secondary N) is 1. The molecule has 5 nitrogen and oxygen atoms in total. The zero-order valence-corrected chi connectivity index (χ0v) is 11.8. The highest BCUT2D eigenvalue weighted by molar-refractivity contribution is 5.80. The molecule has 2 atom stereocenters. The lowest BCUT2D eigenvalue weighted by Gasteiger charge is -2.14. The van der Waals surface area contributed by atoms with Gasteiger partial charge in [0.15, 0.2) is 0 Å². The lowest BCUT2D eigenvalue weighted by Crippen LogP contribution is -2.34. The molecule has 0 saturated heterocycles. The molecular weight excluding hydrogens is 296 g/mol. The number of rotatable bonds is 6. The van der Waals surface area contributed by atoms with Gasteiger partial charge in [-0.15, -0.1) is 0 Å². The summed E-state index contributed by atoms with van der Waals surface area (Å²) in [5, 5.41) is 11.7. The second-order valence-electron chi connectivity index (χ2n) is 5.28. The Kier molecular flexibility index (Phi) is 5.30. The average Bonchev–Trinajstić information content (AvgIpc) is 2.89. The zero-order valence-electron chi connectivity index (χ0n) is 11.8. The molecule has 1 saturated carbocycles. The SMILES string of the molecule is O=C(Cc1ccccc1OC(F)F)N[C@@H]1CC[C@H](C(=O)O)C1. The van der Waals surface area contributed by atoms with Crippen LogP contribution in [0.5, 0.6) is 5.75 Å². The van der Waals surface area contributed by atoms with Crippen molar-refractivity contribution in [3.63, 3.8) is 0 Å². The summed E-state index contributed by atoms with van der Waals surface area (Å²) in [4.78, 5) is 22.9. The van der Waals surface area contributed by atoms with E-state index in [4.69, 9.17) is 5.11 Å². The van der Waals surface area contributed by atoms with Crippen LogP contribution in [0, 0.1) is 5.92 Å². The van der Waals surface area contributed by atoms with Crippen LogP contribution in [-0.4, -0.2) is 29.6 Å². The van der Waals surface area contributed by atoms with Crippen molar-refractivity contribution in [1.29, 1.82) is 0 Å². The van der Waals surface area contributed by atoms with Gasteiger partial charge in [-0.25, -0.2) is 0 Å². The summed E-state index contributed by atoms with van der Waals surface area (Å²) in [7, 11) is 0. The predicted octanol–water partition coefficient (Wildman–Crippen LogP) is 2.20. The highest BCUT2D eigenvalue weighted by Crippen LogP contribution is 2.26. The van der Waals surface area contributed by atoms with Gasteiger partial charge in [0, 0.05) is 11.6 Å². The summed E-state index contributed by atoms with van der Waals surface area (Å²) in [6.45, 7) is -2.95. The Balaban J connectivity index is 1.91. The van der Waals surface area contributed by atoms with Crippen LogP contribution in [0.1, 0.15) is 24.8 Å². The molecule has 0 bridgehead atoms. The molecule has 0 aromatic heterocycles. The first-order chi connectivity index (χ1) is 10.5. The molecule has 1 aromatic rings. The Bertz CT molecular complexity index is 550. The Labute approximate surface area is 126 Å². The van der Waals surface area contributed by atoms with Crippen LogP contribution in [0.25, 0.3) is 0 Å². The molecule has 1 fully saturated rings. The molecule has 0 aliphatic heterocycles. The lowest BCUT2D eigenvalue weighted by molar-refractivity contribution is -0.141. The number of para-hydroxylation sites is 1. The highest BCUT2D eigenvalue weighted by Gasteiger charge is 2.30. The van der Waals surface area contributed by atoms with Crippen molar-refractivity contribution in [1.82, 2.24) is 5.32 Å². The smallest absolute Gasteiger partial charge is 0.387 e. The molecule has 1 aromatic carbocycles. The van der Waals surface area contributed by atoms with Gasteiger partial charge in [-0.1, -0.05) is 18.2 Å². The molecule has 0 spiro atoms. The topological polar surface area (TPSA) is 75.6 Å². The minimum Gasteiger partial charge on any atom is -0.481 e. The number of halogens is 2. The van der Waals surface area contributed by atoms with E-state index >= 15 is 0 Å². The fraction of sp³-hybridized carbons (Fsp3) is 0.467. The fourth-order valence-corrected chi connectivity index (χ4v) is 2.65. The first-order valence-electron chi connectivity index (χ1n) is 7.00. The molecule has 2 N–H and O–H groups in total. The van der Waals surface area contributed by atoms with Crippen molar-refractivity contribution in [2.24, 2.45) is 5.92 Å². The fourth-order valence-electron chi connectivity index (χ4n) is 2.65. The van der Waals surface area contributed by atoms with Gasteiger partial charge in [-0.05, 0) is 25.3 Å². The minimum absolute atomic E-state index is 0.0255. The Morgan fingerprint density at radius 3 is 2.68 bits per heavy atom. The summed E-state index contributed by atoms with van der Waals surface area (Å²) >= 11 is 0. The number of alkyl halides is 2. The highest BCUT2D eigenvalue weighted by atomic mass is 19.3. The lowest BCUT2D eigenvalue weighted by atomic mass is 10.1. The first kappa shape index (κ1) is 16.2. The van der Waals surface area contributed by atoms with E-state index in [2.05, 4.69) is 10.1 Å². The van der Waals surface area contributed by atoms with Gasteiger partial charge in [-0.2, -0.15) is 8.78 Å². The maximum Gasteiger partial charge on any atom is 0.387 e. The van der Waals surface area contributed by atoms with E-state index in [0.29, 0.717) is 24.8 Å². The van der Waals surface area contributed by atoms with E-state index in [1.165, 1.54) is 6.07 Å². The summed E-state index contributed by atoms with van der Waals surface area (Å²) in [6.07, 6.45) is 1.45. The number of carboxylic acid groups (broad SMARTS) is 1. The third kappa shape index (κ3) is 4.41. The van der Waals surface area contributed by atoms with Crippen LogP contribution in [0.15, 0.2) is 24.3 Å². The van der Waals surface area contributed by atoms with Crippen molar-refractivity contribution in [3.05, 3.63) is 29.8 Å². The average molecular weight is 313 g/mol. The van der Waals surface area contributed by atoms with Gasteiger partial charge >= 0.3 is 12.6 Å². The molecule has 2 rings (SSSR count). The standard InChI is InChI=1S/C15H17F2NO4/c16-15(17)22-12-4-2-1-3-9(12)8-13(19)18-11-6-5-10(7-11)14(20)21/h1-4,10-11,15H,5-8H2,(H,18,19)(H,20,21)/t10-,11+/m0/s1. The quantitative estimate of drug-likeness (QED) is 0.844. The molecule has 0 unspecified atom stereocenters. The summed E-state index contributed by atoms with van der Waals surface area (Å²) < 4.78 is 29.0. The summed E-state index contributed by atoms with van der Waals surface area (Å²) in [6, 6.07) is 5.93. The molecule has 120 valence electrons. The van der Waals surface area contributed by atoms with Crippen LogP contribution < -0.4 is 10.1 Å². The molecule has 22 heavy (non-hydrogen) atoms. The number of benzene rings is 1. The van der Waals surface area contributed by atoms with Crippen molar-refractivity contribution in [3.8, 4) is 5.75 Å². The van der Waals surface area contributed by atoms with E-state index in [1.54, 1.807) is 18.2 Å². The molecule has 7 heteroatoms. The number of amides is 1. The second-order valence-corrected chi connectivity index (χ2v) is 5.28. The number of aliphatic carboxylic acids is 1. The maximum atomic E-state index is 12.3. The van der Waals surface area contributed by atoms with E-state index < -0.39 is 18.5 Å². The normalized spacial score (nSPS) is 20.9. The summed E-state index contributed by atoms with van der Waals surface area (Å²) in [5.74, 6) is -1.64. The van der Waals surface area contributed by atoms with Gasteiger partial charge in [0.1, 0.15) is 5.75 Å². The van der Waals surface area contributed by atoms with E-state index in [9.17, 15) is 18.4 Å². The van der Waals surface area contributed by atoms with Crippen LogP contribution in [0.2, 0.25) is 0 Å². The van der Waals surface area contributed by atoms with Crippen molar-refractivity contribution in [2.75, 3.05) is 0 Å². The molecule has 0 radical (unpaired) electrons. The van der Waals surface area contributed by atoms with Gasteiger partial charge in [0.2, 0.25) is 5.91 Å². The van der Waals surface area contributed by atoms with E-state index in [-0.39, 0.29) is 24.1 Å². The minimum atomic E-state index is -2.95. The van der Waals surface area contributed by atoms with Gasteiger partial charge in [0.05, 0.1) is 12.3 Å². The predicted molar refractivity (Wildman–Crippen MR) is 73.7 cm³/mol. The van der Waals surface area contributed by atoms with E-state index in [0.717, 1.165) is 0 Å². The summed E-state index contributed by atoms with van der Waals surface area (Å²) in [5.41, 5.74) is 0.369. The number of hydrogen-bond donors (Lipinski definition) is 2. The molecular formula is C15H17F2NO4. The maximum absolute atomic E-state index is 12.3. The molecule has 1 amide bonds. The van der Waals surface area contributed by atoms with Gasteiger partial charge in [0.25, 0.3) is 0 Å². The largest absolute Gasteiger partial charge is 0.481 e. The van der Waals surface area contributed by atoms with Crippen molar-refractivity contribution >= 4 is 11.9 Å². The molecule has 1 aliphatic rings. The number of carbonyl (C=O) groups is 2. The van der Waals surface area contributed by atoms with Gasteiger partial charge < -0.3 is 15.2 Å². The number of hydrogen-bond acceptors (Lipinski definition) is 3. The zero-order chi connectivity index (χ0) is 16.1. The van der Waals surface area contributed by atoms with Crippen LogP contribution in [0.3, 0.4) is 0 Å².